The monoisotopic (exact) mass is 196 g/mol. The molecule has 0 radical (unpaired) electrons. The topological polar surface area (TPSA) is 32.3 Å². The van der Waals surface area contributed by atoms with E-state index in [1.165, 1.54) is 19.3 Å². The van der Waals surface area contributed by atoms with Gasteiger partial charge >= 0.3 is 0 Å². The average molecular weight is 196 g/mol. The van der Waals surface area contributed by atoms with Crippen LogP contribution < -0.4 is 5.32 Å². The van der Waals surface area contributed by atoms with Crippen molar-refractivity contribution in [1.82, 2.24) is 10.2 Å². The van der Waals surface area contributed by atoms with Gasteiger partial charge in [0.1, 0.15) is 0 Å². The first-order chi connectivity index (χ1) is 6.81. The fourth-order valence-electron chi connectivity index (χ4n) is 2.28. The Bertz CT molecular complexity index is 207. The fourth-order valence-corrected chi connectivity index (χ4v) is 2.28. The molecular weight excluding hydrogens is 176 g/mol. The van der Waals surface area contributed by atoms with E-state index >= 15 is 0 Å². The lowest BCUT2D eigenvalue weighted by Crippen LogP contribution is -2.34. The van der Waals surface area contributed by atoms with Crippen LogP contribution in [0, 0.1) is 5.92 Å². The lowest BCUT2D eigenvalue weighted by molar-refractivity contribution is -0.132. The number of amides is 1. The van der Waals surface area contributed by atoms with Crippen LogP contribution in [0.4, 0.5) is 0 Å². The zero-order valence-corrected chi connectivity index (χ0v) is 8.96. The highest BCUT2D eigenvalue weighted by molar-refractivity contribution is 5.77. The third-order valence-corrected chi connectivity index (χ3v) is 3.27. The van der Waals surface area contributed by atoms with Gasteiger partial charge in [-0.3, -0.25) is 4.79 Å². The van der Waals surface area contributed by atoms with E-state index in [1.807, 2.05) is 0 Å². The van der Waals surface area contributed by atoms with Crippen LogP contribution in [0.15, 0.2) is 0 Å². The molecular formula is C11H20N2O. The van der Waals surface area contributed by atoms with Crippen molar-refractivity contribution in [3.8, 4) is 0 Å². The largest absolute Gasteiger partial charge is 0.340 e. The van der Waals surface area contributed by atoms with Crippen molar-refractivity contribution in [2.24, 2.45) is 5.92 Å². The van der Waals surface area contributed by atoms with Crippen LogP contribution in [0.2, 0.25) is 0 Å². The quantitative estimate of drug-likeness (QED) is 0.727. The van der Waals surface area contributed by atoms with E-state index in [-0.39, 0.29) is 0 Å². The summed E-state index contributed by atoms with van der Waals surface area (Å²) in [6.45, 7) is 5.11. The molecule has 0 aromatic carbocycles. The van der Waals surface area contributed by atoms with Gasteiger partial charge < -0.3 is 10.2 Å². The summed E-state index contributed by atoms with van der Waals surface area (Å²) < 4.78 is 0. The summed E-state index contributed by atoms with van der Waals surface area (Å²) in [7, 11) is 0. The fraction of sp³-hybridized carbons (Fsp3) is 0.909. The van der Waals surface area contributed by atoms with Gasteiger partial charge in [-0.15, -0.1) is 0 Å². The van der Waals surface area contributed by atoms with Gasteiger partial charge in [0.05, 0.1) is 0 Å². The molecule has 0 spiro atoms. The summed E-state index contributed by atoms with van der Waals surface area (Å²) in [5, 5.41) is 3.31. The minimum atomic E-state index is 0.378. The smallest absolute Gasteiger partial charge is 0.223 e. The molecule has 0 bridgehead atoms. The summed E-state index contributed by atoms with van der Waals surface area (Å²) in [4.78, 5) is 14.0. The number of nitrogens with one attached hydrogen (secondary N) is 1. The number of rotatable bonds is 4. The maximum absolute atomic E-state index is 11.9. The normalized spacial score (nSPS) is 26.5. The molecule has 3 nitrogen and oxygen atoms in total. The Kier molecular flexibility index (Phi) is 3.06. The maximum atomic E-state index is 11.9. The zero-order chi connectivity index (χ0) is 9.97. The molecule has 1 atom stereocenters. The molecule has 1 saturated carbocycles. The van der Waals surface area contributed by atoms with Crippen molar-refractivity contribution >= 4 is 5.91 Å². The molecule has 1 aliphatic carbocycles. The van der Waals surface area contributed by atoms with E-state index in [4.69, 9.17) is 0 Å². The molecule has 0 aromatic rings. The van der Waals surface area contributed by atoms with Gasteiger partial charge in [-0.1, -0.05) is 0 Å². The molecule has 14 heavy (non-hydrogen) atoms. The van der Waals surface area contributed by atoms with Crippen LogP contribution in [-0.2, 0) is 4.79 Å². The molecule has 2 aliphatic rings. The van der Waals surface area contributed by atoms with Crippen LogP contribution >= 0.6 is 0 Å². The highest BCUT2D eigenvalue weighted by atomic mass is 16.2. The van der Waals surface area contributed by atoms with Crippen LogP contribution in [0.1, 0.15) is 32.6 Å². The molecule has 1 unspecified atom stereocenters. The van der Waals surface area contributed by atoms with Crippen molar-refractivity contribution in [2.45, 2.75) is 38.6 Å². The molecule has 1 amide bonds. The Morgan fingerprint density at radius 3 is 2.71 bits per heavy atom. The highest BCUT2D eigenvalue weighted by Gasteiger charge is 2.32. The van der Waals surface area contributed by atoms with Crippen molar-refractivity contribution < 1.29 is 4.79 Å². The molecule has 0 aromatic heterocycles. The first-order valence-electron chi connectivity index (χ1n) is 5.81. The Balaban J connectivity index is 1.80. The van der Waals surface area contributed by atoms with Gasteiger partial charge in [-0.2, -0.15) is 0 Å². The van der Waals surface area contributed by atoms with E-state index in [0.717, 1.165) is 26.1 Å². The number of nitrogens with zero attached hydrogens (tertiary/aromatic N) is 1. The Labute approximate surface area is 85.8 Å². The second-order valence-electron chi connectivity index (χ2n) is 4.47. The number of carbonyl (C=O) groups excluding carboxylic acids is 1. The summed E-state index contributed by atoms with van der Waals surface area (Å²) in [6.07, 6.45) is 4.39. The Morgan fingerprint density at radius 1 is 1.43 bits per heavy atom. The Morgan fingerprint density at radius 2 is 2.21 bits per heavy atom. The molecule has 1 N–H and O–H groups in total. The molecule has 2 rings (SSSR count). The number of hydrogen-bond donors (Lipinski definition) is 1. The van der Waals surface area contributed by atoms with E-state index in [1.54, 1.807) is 0 Å². The first-order valence-corrected chi connectivity index (χ1v) is 5.81. The minimum absolute atomic E-state index is 0.378. The SMILES string of the molecule is CCN(C(=O)CC1CCNC1)C1CC1. The van der Waals surface area contributed by atoms with Crippen molar-refractivity contribution in [2.75, 3.05) is 19.6 Å². The molecule has 1 aliphatic heterocycles. The van der Waals surface area contributed by atoms with Gasteiger partial charge in [0, 0.05) is 19.0 Å². The van der Waals surface area contributed by atoms with Crippen molar-refractivity contribution in [1.29, 1.82) is 0 Å². The van der Waals surface area contributed by atoms with E-state index in [2.05, 4.69) is 17.1 Å². The van der Waals surface area contributed by atoms with Crippen LogP contribution in [0.25, 0.3) is 0 Å². The minimum Gasteiger partial charge on any atom is -0.340 e. The molecule has 80 valence electrons. The van der Waals surface area contributed by atoms with Gasteiger partial charge in [-0.05, 0) is 45.2 Å². The van der Waals surface area contributed by atoms with E-state index < -0.39 is 0 Å². The number of hydrogen-bond acceptors (Lipinski definition) is 2. The van der Waals surface area contributed by atoms with Gasteiger partial charge in [0.2, 0.25) is 5.91 Å². The lowest BCUT2D eigenvalue weighted by Gasteiger charge is -2.21. The van der Waals surface area contributed by atoms with Crippen molar-refractivity contribution in [3.05, 3.63) is 0 Å². The summed E-state index contributed by atoms with van der Waals surface area (Å²) in [6, 6.07) is 0.585. The van der Waals surface area contributed by atoms with Crippen LogP contribution in [0.3, 0.4) is 0 Å². The molecule has 1 heterocycles. The van der Waals surface area contributed by atoms with E-state index in [9.17, 15) is 4.79 Å². The third kappa shape index (κ3) is 2.27. The van der Waals surface area contributed by atoms with Crippen LogP contribution in [0.5, 0.6) is 0 Å². The summed E-state index contributed by atoms with van der Waals surface area (Å²) in [5.74, 6) is 0.971. The second-order valence-corrected chi connectivity index (χ2v) is 4.47. The van der Waals surface area contributed by atoms with Gasteiger partial charge in [0.25, 0.3) is 0 Å². The maximum Gasteiger partial charge on any atom is 0.223 e. The standard InChI is InChI=1S/C11H20N2O/c1-2-13(10-3-4-10)11(14)7-9-5-6-12-8-9/h9-10,12H,2-8H2,1H3. The molecule has 1 saturated heterocycles. The lowest BCUT2D eigenvalue weighted by atomic mass is 10.0. The second kappa shape index (κ2) is 4.30. The molecule has 2 fully saturated rings. The zero-order valence-electron chi connectivity index (χ0n) is 8.96. The van der Waals surface area contributed by atoms with E-state index in [0.29, 0.717) is 17.9 Å². The summed E-state index contributed by atoms with van der Waals surface area (Å²) >= 11 is 0. The predicted octanol–water partition coefficient (Wildman–Crippen LogP) is 0.997. The first kappa shape index (κ1) is 9.97. The Hall–Kier alpha value is -0.570. The van der Waals surface area contributed by atoms with Gasteiger partial charge in [0.15, 0.2) is 0 Å². The summed E-state index contributed by atoms with van der Waals surface area (Å²) in [5.41, 5.74) is 0. The highest BCUT2D eigenvalue weighted by Crippen LogP contribution is 2.28. The predicted molar refractivity (Wildman–Crippen MR) is 56.0 cm³/mol. The van der Waals surface area contributed by atoms with Crippen molar-refractivity contribution in [3.63, 3.8) is 0 Å². The molecule has 3 heteroatoms. The number of carbonyl (C=O) groups is 1. The average Bonchev–Trinajstić information content (AvgIpc) is 2.86. The van der Waals surface area contributed by atoms with Crippen LogP contribution in [-0.4, -0.2) is 36.5 Å². The van der Waals surface area contributed by atoms with Gasteiger partial charge in [-0.25, -0.2) is 0 Å². The third-order valence-electron chi connectivity index (χ3n) is 3.27.